The number of rotatable bonds is 9. The van der Waals surface area contributed by atoms with Crippen molar-refractivity contribution in [1.29, 1.82) is 0 Å². The predicted octanol–water partition coefficient (Wildman–Crippen LogP) is 4.67. The van der Waals surface area contributed by atoms with Gasteiger partial charge in [-0.3, -0.25) is 14.5 Å². The zero-order chi connectivity index (χ0) is 26.6. The minimum absolute atomic E-state index is 0.104. The Morgan fingerprint density at radius 1 is 1.00 bits per heavy atom. The van der Waals surface area contributed by atoms with E-state index in [4.69, 9.17) is 9.47 Å². The van der Waals surface area contributed by atoms with Crippen LogP contribution in [0.4, 0.5) is 14.9 Å². The van der Waals surface area contributed by atoms with Gasteiger partial charge in [-0.15, -0.1) is 0 Å². The molecule has 0 aromatic heterocycles. The molecule has 0 spiro atoms. The standard InChI is InChI=1S/C29H28FN3O5/c1-37-24-14-8-21(9-15-24)27(34)32-23-12-6-20(7-13-23)26-25(28(35)31-16-18-2-3-18)33(29(36)38-26)17-19-4-10-22(30)11-5-19/h4-15,18,25-26H,2-3,16-17H2,1H3,(H,31,35)(H,32,34)/t25-,26+/m1/s1. The lowest BCUT2D eigenvalue weighted by molar-refractivity contribution is -0.126. The number of amides is 3. The topological polar surface area (TPSA) is 97.0 Å². The van der Waals surface area contributed by atoms with Crippen molar-refractivity contribution in [3.8, 4) is 5.75 Å². The number of nitrogens with zero attached hydrogens (tertiary/aromatic N) is 1. The molecule has 1 saturated heterocycles. The summed E-state index contributed by atoms with van der Waals surface area (Å²) in [5, 5.41) is 5.79. The number of methoxy groups -OCH3 is 1. The molecule has 2 atom stereocenters. The average Bonchev–Trinajstić information content (AvgIpc) is 3.71. The van der Waals surface area contributed by atoms with Gasteiger partial charge >= 0.3 is 6.09 Å². The molecule has 1 aliphatic heterocycles. The third-order valence-electron chi connectivity index (χ3n) is 6.73. The van der Waals surface area contributed by atoms with Gasteiger partial charge in [0.25, 0.3) is 5.91 Å². The highest BCUT2D eigenvalue weighted by molar-refractivity contribution is 6.04. The van der Waals surface area contributed by atoms with E-state index in [1.165, 1.54) is 17.0 Å². The largest absolute Gasteiger partial charge is 0.497 e. The molecule has 0 bridgehead atoms. The van der Waals surface area contributed by atoms with Gasteiger partial charge < -0.3 is 20.1 Å². The van der Waals surface area contributed by atoms with Gasteiger partial charge in [0.2, 0.25) is 5.91 Å². The number of hydrogen-bond donors (Lipinski definition) is 2. The number of halogens is 1. The average molecular weight is 518 g/mol. The highest BCUT2D eigenvalue weighted by Crippen LogP contribution is 2.35. The van der Waals surface area contributed by atoms with Crippen molar-refractivity contribution in [1.82, 2.24) is 10.2 Å². The van der Waals surface area contributed by atoms with E-state index >= 15 is 0 Å². The SMILES string of the molecule is COc1ccc(C(=O)Nc2ccc([C@@H]3OC(=O)N(Cc4ccc(F)cc4)[C@H]3C(=O)NCC3CC3)cc2)cc1. The Morgan fingerprint density at radius 2 is 1.68 bits per heavy atom. The number of hydrogen-bond acceptors (Lipinski definition) is 5. The molecule has 2 N–H and O–H groups in total. The van der Waals surface area contributed by atoms with E-state index in [-0.39, 0.29) is 24.2 Å². The molecule has 5 rings (SSSR count). The highest BCUT2D eigenvalue weighted by atomic mass is 19.1. The van der Waals surface area contributed by atoms with Crippen LogP contribution in [0.5, 0.6) is 5.75 Å². The third-order valence-corrected chi connectivity index (χ3v) is 6.73. The number of carbonyl (C=O) groups is 3. The van der Waals surface area contributed by atoms with Crippen LogP contribution in [0.2, 0.25) is 0 Å². The molecule has 196 valence electrons. The van der Waals surface area contributed by atoms with E-state index in [1.54, 1.807) is 67.8 Å². The molecular weight excluding hydrogens is 489 g/mol. The maximum absolute atomic E-state index is 13.4. The Balaban J connectivity index is 1.32. The van der Waals surface area contributed by atoms with Gasteiger partial charge in [-0.1, -0.05) is 24.3 Å². The Labute approximate surface area is 219 Å². The highest BCUT2D eigenvalue weighted by Gasteiger charge is 2.47. The van der Waals surface area contributed by atoms with Crippen molar-refractivity contribution in [2.45, 2.75) is 31.5 Å². The van der Waals surface area contributed by atoms with Crippen LogP contribution < -0.4 is 15.4 Å². The number of benzene rings is 3. The van der Waals surface area contributed by atoms with Gasteiger partial charge in [0.1, 0.15) is 11.6 Å². The predicted molar refractivity (Wildman–Crippen MR) is 138 cm³/mol. The Hall–Kier alpha value is -4.40. The zero-order valence-electron chi connectivity index (χ0n) is 20.9. The monoisotopic (exact) mass is 517 g/mol. The number of anilines is 1. The summed E-state index contributed by atoms with van der Waals surface area (Å²) >= 11 is 0. The summed E-state index contributed by atoms with van der Waals surface area (Å²) in [6.45, 7) is 0.657. The summed E-state index contributed by atoms with van der Waals surface area (Å²) < 4.78 is 24.2. The lowest BCUT2D eigenvalue weighted by Gasteiger charge is -2.24. The van der Waals surface area contributed by atoms with Crippen molar-refractivity contribution in [2.75, 3.05) is 19.0 Å². The van der Waals surface area contributed by atoms with Crippen molar-refractivity contribution < 1.29 is 28.2 Å². The normalized spacial score (nSPS) is 18.6. The lowest BCUT2D eigenvalue weighted by Crippen LogP contribution is -2.46. The molecule has 1 saturated carbocycles. The van der Waals surface area contributed by atoms with E-state index in [0.717, 1.165) is 12.8 Å². The Morgan fingerprint density at radius 3 is 2.32 bits per heavy atom. The lowest BCUT2D eigenvalue weighted by atomic mass is 10.00. The molecule has 38 heavy (non-hydrogen) atoms. The van der Waals surface area contributed by atoms with E-state index in [1.807, 2.05) is 0 Å². The maximum Gasteiger partial charge on any atom is 0.411 e. The van der Waals surface area contributed by atoms with Gasteiger partial charge in [-0.25, -0.2) is 9.18 Å². The first-order chi connectivity index (χ1) is 18.4. The summed E-state index contributed by atoms with van der Waals surface area (Å²) in [6.07, 6.45) is 0.691. The van der Waals surface area contributed by atoms with Crippen LogP contribution >= 0.6 is 0 Å². The van der Waals surface area contributed by atoms with Gasteiger partial charge in [-0.05, 0) is 78.4 Å². The van der Waals surface area contributed by atoms with Gasteiger partial charge in [0, 0.05) is 17.8 Å². The minimum atomic E-state index is -0.897. The van der Waals surface area contributed by atoms with Crippen LogP contribution in [0.15, 0.2) is 72.8 Å². The number of ether oxygens (including phenoxy) is 2. The van der Waals surface area contributed by atoms with Gasteiger partial charge in [0.05, 0.1) is 13.7 Å². The molecule has 0 radical (unpaired) electrons. The molecule has 2 fully saturated rings. The Bertz CT molecular complexity index is 1310. The van der Waals surface area contributed by atoms with Crippen LogP contribution in [-0.4, -0.2) is 42.5 Å². The molecule has 1 heterocycles. The van der Waals surface area contributed by atoms with E-state index in [0.29, 0.717) is 40.6 Å². The summed E-state index contributed by atoms with van der Waals surface area (Å²) in [7, 11) is 1.56. The second-order valence-electron chi connectivity index (χ2n) is 9.50. The minimum Gasteiger partial charge on any atom is -0.497 e. The summed E-state index contributed by atoms with van der Waals surface area (Å²) in [6, 6.07) is 18.5. The van der Waals surface area contributed by atoms with Crippen molar-refractivity contribution in [3.63, 3.8) is 0 Å². The number of nitrogens with one attached hydrogen (secondary N) is 2. The second-order valence-corrected chi connectivity index (χ2v) is 9.50. The second kappa shape index (κ2) is 10.9. The van der Waals surface area contributed by atoms with Crippen molar-refractivity contribution >= 4 is 23.6 Å². The van der Waals surface area contributed by atoms with Crippen LogP contribution in [0.25, 0.3) is 0 Å². The molecule has 9 heteroatoms. The molecule has 3 aromatic rings. The van der Waals surface area contributed by atoms with E-state index in [9.17, 15) is 18.8 Å². The number of carbonyl (C=O) groups excluding carboxylic acids is 3. The molecule has 2 aliphatic rings. The molecule has 0 unspecified atom stereocenters. The van der Waals surface area contributed by atoms with E-state index < -0.39 is 18.2 Å². The van der Waals surface area contributed by atoms with Gasteiger partial charge in [0.15, 0.2) is 12.1 Å². The Kier molecular flexibility index (Phi) is 7.26. The third kappa shape index (κ3) is 5.77. The fourth-order valence-corrected chi connectivity index (χ4v) is 4.37. The van der Waals surface area contributed by atoms with Crippen molar-refractivity contribution in [2.24, 2.45) is 5.92 Å². The molecular formula is C29H28FN3O5. The van der Waals surface area contributed by atoms with Gasteiger partial charge in [-0.2, -0.15) is 0 Å². The molecule has 3 amide bonds. The first-order valence-electron chi connectivity index (χ1n) is 12.5. The summed E-state index contributed by atoms with van der Waals surface area (Å²) in [4.78, 5) is 40.1. The fourth-order valence-electron chi connectivity index (χ4n) is 4.37. The van der Waals surface area contributed by atoms with Crippen LogP contribution in [0.3, 0.4) is 0 Å². The van der Waals surface area contributed by atoms with Crippen LogP contribution in [0.1, 0.15) is 40.4 Å². The maximum atomic E-state index is 13.4. The fraction of sp³-hybridized carbons (Fsp3) is 0.276. The summed E-state index contributed by atoms with van der Waals surface area (Å²) in [5.41, 5.74) is 2.33. The van der Waals surface area contributed by atoms with Crippen LogP contribution in [-0.2, 0) is 16.1 Å². The molecule has 8 nitrogen and oxygen atoms in total. The van der Waals surface area contributed by atoms with Crippen molar-refractivity contribution in [3.05, 3.63) is 95.3 Å². The van der Waals surface area contributed by atoms with E-state index in [2.05, 4.69) is 10.6 Å². The summed E-state index contributed by atoms with van der Waals surface area (Å²) in [5.74, 6) is 0.159. The first kappa shape index (κ1) is 25.3. The first-order valence-corrected chi connectivity index (χ1v) is 12.5. The molecule has 3 aromatic carbocycles. The quantitative estimate of drug-likeness (QED) is 0.430. The molecule has 1 aliphatic carbocycles. The number of cyclic esters (lactones) is 1. The smallest absolute Gasteiger partial charge is 0.411 e. The zero-order valence-corrected chi connectivity index (χ0v) is 20.9. The van der Waals surface area contributed by atoms with Crippen LogP contribution in [0, 0.1) is 11.7 Å².